The second kappa shape index (κ2) is 7.57. The molecule has 0 aliphatic carbocycles. The number of rotatable bonds is 4. The molecule has 1 N–H and O–H groups in total. The third-order valence-corrected chi connectivity index (χ3v) is 3.25. The molecule has 0 saturated heterocycles. The van der Waals surface area contributed by atoms with E-state index in [9.17, 15) is 0 Å². The lowest BCUT2D eigenvalue weighted by atomic mass is 10.1. The Kier molecular flexibility index (Phi) is 5.42. The van der Waals surface area contributed by atoms with E-state index >= 15 is 0 Å². The smallest absolute Gasteiger partial charge is 0.187 e. The molecule has 0 fully saturated rings. The van der Waals surface area contributed by atoms with E-state index in [4.69, 9.17) is 5.11 Å². The second-order valence-corrected chi connectivity index (χ2v) is 4.74. The lowest BCUT2D eigenvalue weighted by Crippen LogP contribution is -1.87. The van der Waals surface area contributed by atoms with Crippen LogP contribution in [-0.2, 0) is 5.75 Å². The van der Waals surface area contributed by atoms with Crippen molar-refractivity contribution in [2.45, 2.75) is 17.3 Å². The highest BCUT2D eigenvalue weighted by atomic mass is 32.2. The first-order chi connectivity index (χ1) is 9.38. The van der Waals surface area contributed by atoms with Crippen LogP contribution in [-0.4, -0.2) is 21.7 Å². The van der Waals surface area contributed by atoms with E-state index in [0.717, 1.165) is 16.5 Å². The maximum atomic E-state index is 8.69. The monoisotopic (exact) mass is 270 g/mol. The van der Waals surface area contributed by atoms with Gasteiger partial charge >= 0.3 is 0 Å². The standard InChI is InChI=1S/C15H14N2OS/c18-10-2-1-5-13-6-3-7-14(11-13)12-19-15-16-8-4-9-17-15/h3-4,6-9,11,18H,2,10,12H2. The first kappa shape index (κ1) is 13.6. The van der Waals surface area contributed by atoms with Crippen molar-refractivity contribution in [1.82, 2.24) is 9.97 Å². The van der Waals surface area contributed by atoms with Gasteiger partial charge in [0.05, 0.1) is 6.61 Å². The van der Waals surface area contributed by atoms with Gasteiger partial charge in [0, 0.05) is 30.1 Å². The molecule has 0 amide bonds. The number of aliphatic hydroxyl groups is 1. The first-order valence-corrected chi connectivity index (χ1v) is 6.95. The molecular formula is C15H14N2OS. The van der Waals surface area contributed by atoms with E-state index in [0.29, 0.717) is 6.42 Å². The number of aliphatic hydroxyl groups excluding tert-OH is 1. The molecule has 1 aromatic heterocycles. The predicted molar refractivity (Wildman–Crippen MR) is 76.6 cm³/mol. The molecule has 1 heterocycles. The highest BCUT2D eigenvalue weighted by Crippen LogP contribution is 2.18. The first-order valence-electron chi connectivity index (χ1n) is 5.97. The van der Waals surface area contributed by atoms with E-state index in [-0.39, 0.29) is 6.61 Å². The van der Waals surface area contributed by atoms with Crippen molar-refractivity contribution in [2.75, 3.05) is 6.61 Å². The maximum absolute atomic E-state index is 8.69. The SMILES string of the molecule is OCCC#Cc1cccc(CSc2ncccn2)c1. The number of aromatic nitrogens is 2. The van der Waals surface area contributed by atoms with Crippen LogP contribution in [0, 0.1) is 11.8 Å². The molecule has 19 heavy (non-hydrogen) atoms. The topological polar surface area (TPSA) is 46.0 Å². The highest BCUT2D eigenvalue weighted by molar-refractivity contribution is 7.98. The average Bonchev–Trinajstić information content (AvgIpc) is 2.47. The molecule has 0 bridgehead atoms. The third kappa shape index (κ3) is 4.74. The van der Waals surface area contributed by atoms with Gasteiger partial charge in [-0.1, -0.05) is 35.7 Å². The Bertz CT molecular complexity index is 575. The normalized spacial score (nSPS) is 9.74. The molecule has 2 rings (SSSR count). The van der Waals surface area contributed by atoms with Crippen molar-refractivity contribution in [3.8, 4) is 11.8 Å². The molecule has 0 aliphatic heterocycles. The lowest BCUT2D eigenvalue weighted by molar-refractivity contribution is 0.305. The summed E-state index contributed by atoms with van der Waals surface area (Å²) in [5, 5.41) is 9.47. The van der Waals surface area contributed by atoms with Gasteiger partial charge in [0.15, 0.2) is 5.16 Å². The zero-order chi connectivity index (χ0) is 13.3. The second-order valence-electron chi connectivity index (χ2n) is 3.80. The Morgan fingerprint density at radius 3 is 2.79 bits per heavy atom. The summed E-state index contributed by atoms with van der Waals surface area (Å²) in [6.07, 6.45) is 4.00. The Morgan fingerprint density at radius 1 is 1.16 bits per heavy atom. The van der Waals surface area contributed by atoms with Crippen LogP contribution in [0.15, 0.2) is 47.9 Å². The molecule has 2 aromatic rings. The summed E-state index contributed by atoms with van der Waals surface area (Å²) in [4.78, 5) is 8.35. The average molecular weight is 270 g/mol. The van der Waals surface area contributed by atoms with Crippen molar-refractivity contribution in [3.63, 3.8) is 0 Å². The summed E-state index contributed by atoms with van der Waals surface area (Å²) in [5.74, 6) is 6.77. The van der Waals surface area contributed by atoms with Gasteiger partial charge < -0.3 is 5.11 Å². The number of thioether (sulfide) groups is 1. The summed E-state index contributed by atoms with van der Waals surface area (Å²) < 4.78 is 0. The molecule has 3 nitrogen and oxygen atoms in total. The fraction of sp³-hybridized carbons (Fsp3) is 0.200. The van der Waals surface area contributed by atoms with Gasteiger partial charge in [-0.3, -0.25) is 0 Å². The Balaban J connectivity index is 1.98. The minimum absolute atomic E-state index is 0.105. The molecule has 4 heteroatoms. The van der Waals surface area contributed by atoms with E-state index in [1.807, 2.05) is 12.1 Å². The van der Waals surface area contributed by atoms with Gasteiger partial charge in [-0.2, -0.15) is 0 Å². The van der Waals surface area contributed by atoms with Gasteiger partial charge in [0.25, 0.3) is 0 Å². The van der Waals surface area contributed by atoms with Crippen molar-refractivity contribution in [3.05, 3.63) is 53.9 Å². The summed E-state index contributed by atoms with van der Waals surface area (Å²) in [6.45, 7) is 0.105. The zero-order valence-electron chi connectivity index (χ0n) is 10.4. The molecule has 0 aliphatic rings. The van der Waals surface area contributed by atoms with Crippen LogP contribution in [0.25, 0.3) is 0 Å². The molecule has 96 valence electrons. The molecule has 0 saturated carbocycles. The van der Waals surface area contributed by atoms with Gasteiger partial charge in [-0.05, 0) is 23.8 Å². The minimum Gasteiger partial charge on any atom is -0.395 e. The molecule has 0 spiro atoms. The van der Waals surface area contributed by atoms with Crippen LogP contribution in [0.3, 0.4) is 0 Å². The van der Waals surface area contributed by atoms with Crippen molar-refractivity contribution in [2.24, 2.45) is 0 Å². The van der Waals surface area contributed by atoms with Crippen LogP contribution in [0.5, 0.6) is 0 Å². The maximum Gasteiger partial charge on any atom is 0.187 e. The van der Waals surface area contributed by atoms with Crippen molar-refractivity contribution < 1.29 is 5.11 Å². The summed E-state index contributed by atoms with van der Waals surface area (Å²) >= 11 is 1.60. The van der Waals surface area contributed by atoms with E-state index in [1.54, 1.807) is 30.2 Å². The summed E-state index contributed by atoms with van der Waals surface area (Å²) in [7, 11) is 0. The Hall–Kier alpha value is -1.83. The van der Waals surface area contributed by atoms with E-state index < -0.39 is 0 Å². The van der Waals surface area contributed by atoms with Crippen LogP contribution < -0.4 is 0 Å². The van der Waals surface area contributed by atoms with Crippen LogP contribution in [0.4, 0.5) is 0 Å². The van der Waals surface area contributed by atoms with Crippen molar-refractivity contribution >= 4 is 11.8 Å². The van der Waals surface area contributed by atoms with E-state index in [2.05, 4.69) is 33.9 Å². The fourth-order valence-electron chi connectivity index (χ4n) is 1.47. The quantitative estimate of drug-likeness (QED) is 0.527. The van der Waals surface area contributed by atoms with Crippen LogP contribution >= 0.6 is 11.8 Å². The molecule has 0 radical (unpaired) electrons. The minimum atomic E-state index is 0.105. The third-order valence-electron chi connectivity index (χ3n) is 2.31. The van der Waals surface area contributed by atoms with Gasteiger partial charge in [-0.25, -0.2) is 9.97 Å². The predicted octanol–water partition coefficient (Wildman–Crippen LogP) is 2.50. The largest absolute Gasteiger partial charge is 0.395 e. The van der Waals surface area contributed by atoms with Crippen LogP contribution in [0.1, 0.15) is 17.5 Å². The molecular weight excluding hydrogens is 256 g/mol. The summed E-state index contributed by atoms with van der Waals surface area (Å²) in [5.41, 5.74) is 2.16. The zero-order valence-corrected chi connectivity index (χ0v) is 11.2. The highest BCUT2D eigenvalue weighted by Gasteiger charge is 1.98. The fourth-order valence-corrected chi connectivity index (χ4v) is 2.21. The van der Waals surface area contributed by atoms with Gasteiger partial charge in [0.2, 0.25) is 0 Å². The number of hydrogen-bond donors (Lipinski definition) is 1. The molecule has 0 unspecified atom stereocenters. The van der Waals surface area contributed by atoms with Gasteiger partial charge in [-0.15, -0.1) is 0 Å². The molecule has 0 atom stereocenters. The van der Waals surface area contributed by atoms with Crippen LogP contribution in [0.2, 0.25) is 0 Å². The van der Waals surface area contributed by atoms with Gasteiger partial charge in [0.1, 0.15) is 0 Å². The summed E-state index contributed by atoms with van der Waals surface area (Å²) in [6, 6.07) is 9.89. The number of benzene rings is 1. The lowest BCUT2D eigenvalue weighted by Gasteiger charge is -2.01. The number of nitrogens with zero attached hydrogens (tertiary/aromatic N) is 2. The Labute approximate surface area is 117 Å². The number of hydrogen-bond acceptors (Lipinski definition) is 4. The van der Waals surface area contributed by atoms with Crippen molar-refractivity contribution in [1.29, 1.82) is 0 Å². The Morgan fingerprint density at radius 2 is 2.00 bits per heavy atom. The molecule has 1 aromatic carbocycles. The van der Waals surface area contributed by atoms with E-state index in [1.165, 1.54) is 5.56 Å².